The predicted molar refractivity (Wildman–Crippen MR) is 49.8 cm³/mol. The van der Waals surface area contributed by atoms with Gasteiger partial charge in [0.25, 0.3) is 0 Å². The van der Waals surface area contributed by atoms with Crippen molar-refractivity contribution in [2.24, 2.45) is 10.8 Å². The van der Waals surface area contributed by atoms with Gasteiger partial charge in [0.1, 0.15) is 10.8 Å². The van der Waals surface area contributed by atoms with Gasteiger partial charge in [0.2, 0.25) is 0 Å². The van der Waals surface area contributed by atoms with Crippen molar-refractivity contribution in [3.05, 3.63) is 24.3 Å². The lowest BCUT2D eigenvalue weighted by Crippen LogP contribution is -2.31. The van der Waals surface area contributed by atoms with E-state index in [1.807, 2.05) is 0 Å². The van der Waals surface area contributed by atoms with Crippen molar-refractivity contribution in [1.29, 1.82) is 0 Å². The van der Waals surface area contributed by atoms with Crippen LogP contribution in [0.5, 0.6) is 0 Å². The average Bonchev–Trinajstić information content (AvgIpc) is 2.10. The normalized spacial score (nSPS) is 35.6. The summed E-state index contributed by atoms with van der Waals surface area (Å²) in [7, 11) is 0. The summed E-state index contributed by atoms with van der Waals surface area (Å²) in [6.45, 7) is 3.04. The van der Waals surface area contributed by atoms with E-state index in [1.54, 1.807) is 0 Å². The van der Waals surface area contributed by atoms with Gasteiger partial charge in [0.05, 0.1) is 0 Å². The summed E-state index contributed by atoms with van der Waals surface area (Å²) in [5.74, 6) is -1.98. The zero-order chi connectivity index (χ0) is 11.0. The highest BCUT2D eigenvalue weighted by atomic mass is 16.4. The minimum Gasteiger partial charge on any atom is -0.480 e. The number of carbonyl (C=O) groups is 2. The number of carboxylic acids is 2. The molecule has 0 bridgehead atoms. The third-order valence-electron chi connectivity index (χ3n) is 2.47. The molecule has 0 aromatic rings. The quantitative estimate of drug-likeness (QED) is 0.652. The van der Waals surface area contributed by atoms with Gasteiger partial charge in [-0.2, -0.15) is 0 Å². The maximum absolute atomic E-state index is 10.8. The minimum absolute atomic E-state index is 0.988. The molecule has 1 rings (SSSR count). The summed E-state index contributed by atoms with van der Waals surface area (Å²) < 4.78 is 0. The van der Waals surface area contributed by atoms with Crippen LogP contribution in [0.4, 0.5) is 0 Å². The molecule has 1 aliphatic carbocycles. The summed E-state index contributed by atoms with van der Waals surface area (Å²) >= 11 is 0. The Morgan fingerprint density at radius 1 is 0.857 bits per heavy atom. The highest BCUT2D eigenvalue weighted by Crippen LogP contribution is 2.33. The highest BCUT2D eigenvalue weighted by Gasteiger charge is 2.36. The van der Waals surface area contributed by atoms with Crippen LogP contribution in [0, 0.1) is 10.8 Å². The fourth-order valence-electron chi connectivity index (χ4n) is 1.09. The van der Waals surface area contributed by atoms with E-state index in [0.29, 0.717) is 0 Å². The Morgan fingerprint density at radius 2 is 1.07 bits per heavy atom. The number of hydrogen-bond acceptors (Lipinski definition) is 2. The van der Waals surface area contributed by atoms with E-state index in [2.05, 4.69) is 0 Å². The lowest BCUT2D eigenvalue weighted by Gasteiger charge is -2.26. The molecule has 0 amide bonds. The van der Waals surface area contributed by atoms with Gasteiger partial charge in [-0.25, -0.2) is 0 Å². The SMILES string of the molecule is CC1(C(=O)O)C=CC(C)(C(=O)O)C=C1. The molecular formula is C10H12O4. The molecule has 0 fully saturated rings. The second-order valence-corrected chi connectivity index (χ2v) is 3.84. The number of rotatable bonds is 2. The Morgan fingerprint density at radius 3 is 1.21 bits per heavy atom. The van der Waals surface area contributed by atoms with E-state index in [1.165, 1.54) is 38.2 Å². The first kappa shape index (κ1) is 10.5. The standard InChI is InChI=1S/C10H12O4/c1-9(7(11)12)3-5-10(2,6-4-9)8(13)14/h3-6H,1-2H3,(H,11,12)(H,13,14). The molecule has 0 radical (unpaired) electrons. The molecule has 0 aliphatic heterocycles. The Bertz CT molecular complexity index is 292. The third-order valence-corrected chi connectivity index (χ3v) is 2.47. The molecule has 14 heavy (non-hydrogen) atoms. The second kappa shape index (κ2) is 2.97. The molecule has 0 spiro atoms. The molecule has 4 nitrogen and oxygen atoms in total. The Hall–Kier alpha value is -1.58. The van der Waals surface area contributed by atoms with Crippen molar-refractivity contribution < 1.29 is 19.8 Å². The van der Waals surface area contributed by atoms with Gasteiger partial charge in [-0.3, -0.25) is 9.59 Å². The molecule has 0 heterocycles. The van der Waals surface area contributed by atoms with Gasteiger partial charge in [0, 0.05) is 0 Å². The van der Waals surface area contributed by atoms with Gasteiger partial charge in [-0.15, -0.1) is 0 Å². The van der Waals surface area contributed by atoms with Gasteiger partial charge < -0.3 is 10.2 Å². The Labute approximate surface area is 81.6 Å². The van der Waals surface area contributed by atoms with Crippen LogP contribution < -0.4 is 0 Å². The molecule has 0 aromatic carbocycles. The molecule has 1 aliphatic rings. The predicted octanol–water partition coefficient (Wildman–Crippen LogP) is 1.29. The fraction of sp³-hybridized carbons (Fsp3) is 0.400. The zero-order valence-electron chi connectivity index (χ0n) is 8.02. The van der Waals surface area contributed by atoms with Gasteiger partial charge in [-0.1, -0.05) is 24.3 Å². The van der Waals surface area contributed by atoms with Crippen molar-refractivity contribution in [1.82, 2.24) is 0 Å². The van der Waals surface area contributed by atoms with Crippen molar-refractivity contribution in [2.75, 3.05) is 0 Å². The van der Waals surface area contributed by atoms with Crippen LogP contribution in [0.1, 0.15) is 13.8 Å². The number of aliphatic carboxylic acids is 2. The first-order valence-electron chi connectivity index (χ1n) is 4.18. The molecule has 0 atom stereocenters. The lowest BCUT2D eigenvalue weighted by molar-refractivity contribution is -0.145. The van der Waals surface area contributed by atoms with E-state index in [4.69, 9.17) is 10.2 Å². The first-order chi connectivity index (χ1) is 6.30. The van der Waals surface area contributed by atoms with Crippen LogP contribution in [0.25, 0.3) is 0 Å². The van der Waals surface area contributed by atoms with Crippen LogP contribution in [0.3, 0.4) is 0 Å². The molecule has 0 saturated heterocycles. The second-order valence-electron chi connectivity index (χ2n) is 3.84. The molecule has 0 aromatic heterocycles. The van der Waals surface area contributed by atoms with Crippen LogP contribution in [-0.2, 0) is 9.59 Å². The maximum atomic E-state index is 10.8. The van der Waals surface area contributed by atoms with Crippen LogP contribution in [0.2, 0.25) is 0 Å². The topological polar surface area (TPSA) is 74.6 Å². The first-order valence-corrected chi connectivity index (χ1v) is 4.18. The summed E-state index contributed by atoms with van der Waals surface area (Å²) in [5, 5.41) is 17.7. The number of carboxylic acid groups (broad SMARTS) is 2. The van der Waals surface area contributed by atoms with Crippen LogP contribution in [0.15, 0.2) is 24.3 Å². The summed E-state index contributed by atoms with van der Waals surface area (Å²) in [6.07, 6.45) is 5.62. The Kier molecular flexibility index (Phi) is 2.23. The molecule has 2 N–H and O–H groups in total. The average molecular weight is 196 g/mol. The summed E-state index contributed by atoms with van der Waals surface area (Å²) in [6, 6.07) is 0. The van der Waals surface area contributed by atoms with Crippen LogP contribution in [-0.4, -0.2) is 22.2 Å². The van der Waals surface area contributed by atoms with E-state index in [-0.39, 0.29) is 0 Å². The number of hydrogen-bond donors (Lipinski definition) is 2. The lowest BCUT2D eigenvalue weighted by atomic mass is 9.77. The van der Waals surface area contributed by atoms with E-state index < -0.39 is 22.8 Å². The smallest absolute Gasteiger partial charge is 0.317 e. The molecule has 76 valence electrons. The summed E-state index contributed by atoms with van der Waals surface area (Å²) in [5.41, 5.74) is -2.18. The molecule has 4 heteroatoms. The largest absolute Gasteiger partial charge is 0.480 e. The van der Waals surface area contributed by atoms with E-state index in [0.717, 1.165) is 0 Å². The monoisotopic (exact) mass is 196 g/mol. The van der Waals surface area contributed by atoms with Crippen molar-refractivity contribution in [3.63, 3.8) is 0 Å². The zero-order valence-corrected chi connectivity index (χ0v) is 8.02. The van der Waals surface area contributed by atoms with Crippen molar-refractivity contribution in [2.45, 2.75) is 13.8 Å². The summed E-state index contributed by atoms with van der Waals surface area (Å²) in [4.78, 5) is 21.6. The molecule has 0 unspecified atom stereocenters. The van der Waals surface area contributed by atoms with Crippen LogP contribution >= 0.6 is 0 Å². The highest BCUT2D eigenvalue weighted by molar-refractivity contribution is 5.84. The molecule has 0 saturated carbocycles. The van der Waals surface area contributed by atoms with Crippen molar-refractivity contribution >= 4 is 11.9 Å². The van der Waals surface area contributed by atoms with Gasteiger partial charge in [-0.05, 0) is 13.8 Å². The van der Waals surface area contributed by atoms with Gasteiger partial charge in [0.15, 0.2) is 0 Å². The maximum Gasteiger partial charge on any atom is 0.317 e. The molecular weight excluding hydrogens is 184 g/mol. The van der Waals surface area contributed by atoms with E-state index >= 15 is 0 Å². The van der Waals surface area contributed by atoms with Crippen molar-refractivity contribution in [3.8, 4) is 0 Å². The fourth-order valence-corrected chi connectivity index (χ4v) is 1.09. The van der Waals surface area contributed by atoms with Gasteiger partial charge >= 0.3 is 11.9 Å². The van der Waals surface area contributed by atoms with E-state index in [9.17, 15) is 9.59 Å². The third kappa shape index (κ3) is 1.55. The minimum atomic E-state index is -1.09. The Balaban J connectivity index is 3.01.